The van der Waals surface area contributed by atoms with E-state index >= 15 is 0 Å². The highest BCUT2D eigenvalue weighted by Gasteiger charge is 2.04. The second-order valence-corrected chi connectivity index (χ2v) is 3.40. The van der Waals surface area contributed by atoms with Gasteiger partial charge in [0.1, 0.15) is 0 Å². The van der Waals surface area contributed by atoms with Crippen molar-refractivity contribution < 1.29 is 4.79 Å². The van der Waals surface area contributed by atoms with Gasteiger partial charge in [0.15, 0.2) is 5.78 Å². The van der Waals surface area contributed by atoms with E-state index in [9.17, 15) is 4.79 Å². The number of pyridine rings is 1. The Morgan fingerprint density at radius 1 is 1.27 bits per heavy atom. The number of benzene rings is 1. The van der Waals surface area contributed by atoms with Crippen LogP contribution < -0.4 is 5.73 Å². The van der Waals surface area contributed by atoms with Gasteiger partial charge in [0.05, 0.1) is 0 Å². The van der Waals surface area contributed by atoms with E-state index in [4.69, 9.17) is 5.73 Å². The molecule has 76 valence electrons. The molecule has 1 aromatic heterocycles. The molecule has 1 aromatic carbocycles. The maximum Gasteiger partial charge on any atom is 0.164 e. The lowest BCUT2D eigenvalue weighted by Gasteiger charge is -2.01. The first-order valence-electron chi connectivity index (χ1n) is 4.88. The second-order valence-electron chi connectivity index (χ2n) is 3.40. The molecule has 0 aliphatic heterocycles. The number of carbonyl (C=O) groups is 1. The summed E-state index contributed by atoms with van der Waals surface area (Å²) in [6.45, 7) is 0.396. The van der Waals surface area contributed by atoms with Crippen LogP contribution in [0.2, 0.25) is 0 Å². The fraction of sp³-hybridized carbons (Fsp3) is 0.167. The van der Waals surface area contributed by atoms with Crippen molar-refractivity contribution in [2.75, 3.05) is 6.54 Å². The van der Waals surface area contributed by atoms with Gasteiger partial charge in [-0.25, -0.2) is 0 Å². The Morgan fingerprint density at radius 2 is 2.13 bits per heavy atom. The Kier molecular flexibility index (Phi) is 2.74. The number of hydrogen-bond acceptors (Lipinski definition) is 3. The molecule has 3 heteroatoms. The zero-order valence-electron chi connectivity index (χ0n) is 8.31. The average molecular weight is 200 g/mol. The monoisotopic (exact) mass is 200 g/mol. The highest BCUT2D eigenvalue weighted by atomic mass is 16.1. The summed E-state index contributed by atoms with van der Waals surface area (Å²) in [5.41, 5.74) is 6.07. The summed E-state index contributed by atoms with van der Waals surface area (Å²) < 4.78 is 0. The first-order valence-corrected chi connectivity index (χ1v) is 4.88. The summed E-state index contributed by atoms with van der Waals surface area (Å²) in [6.07, 6.45) is 3.91. The minimum Gasteiger partial charge on any atom is -0.330 e. The van der Waals surface area contributed by atoms with Gasteiger partial charge in [-0.3, -0.25) is 9.78 Å². The molecule has 0 bridgehead atoms. The third-order valence-electron chi connectivity index (χ3n) is 2.33. The highest BCUT2D eigenvalue weighted by Crippen LogP contribution is 2.15. The fourth-order valence-corrected chi connectivity index (χ4v) is 1.53. The van der Waals surface area contributed by atoms with Crippen LogP contribution in [0.1, 0.15) is 16.8 Å². The predicted molar refractivity (Wildman–Crippen MR) is 59.7 cm³/mol. The SMILES string of the molecule is NCCC(=O)c1ccc2cnccc2c1. The first kappa shape index (κ1) is 9.80. The van der Waals surface area contributed by atoms with Crippen molar-refractivity contribution in [3.63, 3.8) is 0 Å². The summed E-state index contributed by atoms with van der Waals surface area (Å²) in [5.74, 6) is 0.0937. The van der Waals surface area contributed by atoms with Crippen LogP contribution in [-0.2, 0) is 0 Å². The number of fused-ring (bicyclic) bond motifs is 1. The van der Waals surface area contributed by atoms with Crippen LogP contribution in [0.4, 0.5) is 0 Å². The fourth-order valence-electron chi connectivity index (χ4n) is 1.53. The molecule has 3 nitrogen and oxygen atoms in total. The number of aromatic nitrogens is 1. The number of hydrogen-bond donors (Lipinski definition) is 1. The van der Waals surface area contributed by atoms with Gasteiger partial charge in [-0.2, -0.15) is 0 Å². The summed E-state index contributed by atoms with van der Waals surface area (Å²) in [4.78, 5) is 15.6. The molecular formula is C12H12N2O. The minimum atomic E-state index is 0.0937. The van der Waals surface area contributed by atoms with Crippen molar-refractivity contribution >= 4 is 16.6 Å². The molecule has 2 rings (SSSR count). The summed E-state index contributed by atoms with van der Waals surface area (Å²) >= 11 is 0. The van der Waals surface area contributed by atoms with Crippen molar-refractivity contribution in [2.24, 2.45) is 5.73 Å². The molecule has 0 saturated carbocycles. The van der Waals surface area contributed by atoms with E-state index in [0.29, 0.717) is 13.0 Å². The first-order chi connectivity index (χ1) is 7.31. The van der Waals surface area contributed by atoms with Crippen LogP contribution in [-0.4, -0.2) is 17.3 Å². The van der Waals surface area contributed by atoms with E-state index in [1.165, 1.54) is 0 Å². The molecule has 1 heterocycles. The largest absolute Gasteiger partial charge is 0.330 e. The van der Waals surface area contributed by atoms with E-state index in [1.807, 2.05) is 24.3 Å². The van der Waals surface area contributed by atoms with E-state index in [2.05, 4.69) is 4.98 Å². The van der Waals surface area contributed by atoms with Gasteiger partial charge in [-0.05, 0) is 24.1 Å². The number of Topliss-reactive ketones (excluding diaryl/α,β-unsaturated/α-hetero) is 1. The van der Waals surface area contributed by atoms with E-state index in [-0.39, 0.29) is 5.78 Å². The lowest BCUT2D eigenvalue weighted by atomic mass is 10.0. The third kappa shape index (κ3) is 2.02. The summed E-state index contributed by atoms with van der Waals surface area (Å²) in [5, 5.41) is 2.08. The number of rotatable bonds is 3. The van der Waals surface area contributed by atoms with Crippen LogP contribution >= 0.6 is 0 Å². The molecule has 0 spiro atoms. The lowest BCUT2D eigenvalue weighted by Crippen LogP contribution is -2.07. The van der Waals surface area contributed by atoms with E-state index in [1.54, 1.807) is 12.4 Å². The zero-order valence-corrected chi connectivity index (χ0v) is 8.31. The van der Waals surface area contributed by atoms with Crippen molar-refractivity contribution in [1.82, 2.24) is 4.98 Å². The maximum atomic E-state index is 11.6. The minimum absolute atomic E-state index is 0.0937. The Labute approximate surface area is 87.9 Å². The van der Waals surface area contributed by atoms with Crippen LogP contribution in [0.5, 0.6) is 0 Å². The molecule has 0 radical (unpaired) electrons. The highest BCUT2D eigenvalue weighted by molar-refractivity contribution is 5.99. The molecule has 0 aliphatic carbocycles. The van der Waals surface area contributed by atoms with Gasteiger partial charge in [0, 0.05) is 29.8 Å². The quantitative estimate of drug-likeness (QED) is 0.768. The third-order valence-corrected chi connectivity index (χ3v) is 2.33. The summed E-state index contributed by atoms with van der Waals surface area (Å²) in [6, 6.07) is 7.51. The molecule has 0 fully saturated rings. The molecule has 0 aliphatic rings. The van der Waals surface area contributed by atoms with Crippen LogP contribution in [0.25, 0.3) is 10.8 Å². The van der Waals surface area contributed by atoms with E-state index < -0.39 is 0 Å². The molecule has 0 saturated heterocycles. The molecule has 0 amide bonds. The molecule has 0 unspecified atom stereocenters. The van der Waals surface area contributed by atoms with Crippen molar-refractivity contribution in [2.45, 2.75) is 6.42 Å². The number of nitrogens with zero attached hydrogens (tertiary/aromatic N) is 1. The molecule has 0 atom stereocenters. The Morgan fingerprint density at radius 3 is 2.93 bits per heavy atom. The smallest absolute Gasteiger partial charge is 0.164 e. The van der Waals surface area contributed by atoms with Gasteiger partial charge in [0.2, 0.25) is 0 Å². The Hall–Kier alpha value is -1.74. The molecule has 2 aromatic rings. The van der Waals surface area contributed by atoms with Crippen LogP contribution in [0.3, 0.4) is 0 Å². The molecular weight excluding hydrogens is 188 g/mol. The molecule has 2 N–H and O–H groups in total. The van der Waals surface area contributed by atoms with Crippen LogP contribution in [0.15, 0.2) is 36.7 Å². The lowest BCUT2D eigenvalue weighted by molar-refractivity contribution is 0.0985. The number of ketones is 1. The van der Waals surface area contributed by atoms with E-state index in [0.717, 1.165) is 16.3 Å². The number of carbonyl (C=O) groups excluding carboxylic acids is 1. The van der Waals surface area contributed by atoms with Gasteiger partial charge < -0.3 is 5.73 Å². The predicted octanol–water partition coefficient (Wildman–Crippen LogP) is 1.77. The van der Waals surface area contributed by atoms with Gasteiger partial charge in [0.25, 0.3) is 0 Å². The maximum absolute atomic E-state index is 11.6. The van der Waals surface area contributed by atoms with Crippen LogP contribution in [0, 0.1) is 0 Å². The molecule has 15 heavy (non-hydrogen) atoms. The zero-order chi connectivity index (χ0) is 10.7. The van der Waals surface area contributed by atoms with Gasteiger partial charge >= 0.3 is 0 Å². The van der Waals surface area contributed by atoms with Gasteiger partial charge in [-0.1, -0.05) is 12.1 Å². The van der Waals surface area contributed by atoms with Crippen molar-refractivity contribution in [1.29, 1.82) is 0 Å². The standard InChI is InChI=1S/C12H12N2O/c13-5-3-12(15)10-1-2-11-8-14-6-4-9(11)7-10/h1-2,4,6-8H,3,5,13H2. The summed E-state index contributed by atoms with van der Waals surface area (Å²) in [7, 11) is 0. The van der Waals surface area contributed by atoms with Crippen molar-refractivity contribution in [3.05, 3.63) is 42.2 Å². The van der Waals surface area contributed by atoms with Gasteiger partial charge in [-0.15, -0.1) is 0 Å². The Balaban J connectivity index is 2.42. The normalized spacial score (nSPS) is 10.5. The van der Waals surface area contributed by atoms with Crippen molar-refractivity contribution in [3.8, 4) is 0 Å². The Bertz CT molecular complexity index is 494. The second kappa shape index (κ2) is 4.19. The topological polar surface area (TPSA) is 56.0 Å². The number of nitrogens with two attached hydrogens (primary N) is 1. The average Bonchev–Trinajstić information content (AvgIpc) is 2.29.